The summed E-state index contributed by atoms with van der Waals surface area (Å²) in [4.78, 5) is 18.1. The summed E-state index contributed by atoms with van der Waals surface area (Å²) in [5.74, 6) is 1.23. The molecule has 7 heteroatoms. The molecule has 3 aliphatic rings. The quantitative estimate of drug-likeness (QED) is 0.737. The van der Waals surface area contributed by atoms with Gasteiger partial charge in [-0.3, -0.25) is 4.79 Å². The third-order valence-electron chi connectivity index (χ3n) is 6.55. The van der Waals surface area contributed by atoms with Gasteiger partial charge in [-0.1, -0.05) is 19.3 Å². The summed E-state index contributed by atoms with van der Waals surface area (Å²) in [6.07, 6.45) is 9.98. The Labute approximate surface area is 177 Å². The first-order chi connectivity index (χ1) is 12.2. The maximum Gasteiger partial charge on any atom is 0.231 e. The number of carbonyl (C=O) groups is 1. The summed E-state index contributed by atoms with van der Waals surface area (Å²) in [7, 11) is 1.73. The molecule has 5 nitrogen and oxygen atoms in total. The van der Waals surface area contributed by atoms with Crippen molar-refractivity contribution in [2.24, 2.45) is 11.3 Å². The summed E-state index contributed by atoms with van der Waals surface area (Å²) in [5.41, 5.74) is -0.293. The van der Waals surface area contributed by atoms with Crippen LogP contribution >= 0.6 is 24.8 Å². The Morgan fingerprint density at radius 2 is 1.70 bits per heavy atom. The fourth-order valence-corrected chi connectivity index (χ4v) is 5.03. The molecule has 0 aromatic carbocycles. The normalized spacial score (nSPS) is 24.4. The Bertz CT molecular complexity index is 422. The number of halogens is 2. The monoisotopic (exact) mass is 423 g/mol. The van der Waals surface area contributed by atoms with Crippen LogP contribution in [0.15, 0.2) is 0 Å². The van der Waals surface area contributed by atoms with Gasteiger partial charge in [-0.05, 0) is 57.7 Å². The molecule has 0 bridgehead atoms. The number of ether oxygens (including phenoxy) is 1. The molecule has 2 saturated heterocycles. The second-order valence-electron chi connectivity index (χ2n) is 8.41. The van der Waals surface area contributed by atoms with E-state index in [0.29, 0.717) is 12.5 Å². The zero-order valence-electron chi connectivity index (χ0n) is 16.9. The highest BCUT2D eigenvalue weighted by molar-refractivity contribution is 5.85. The molecule has 3 rings (SSSR count). The van der Waals surface area contributed by atoms with Gasteiger partial charge in [0.1, 0.15) is 0 Å². The molecule has 0 atom stereocenters. The molecule has 0 aromatic rings. The van der Waals surface area contributed by atoms with Crippen molar-refractivity contribution in [1.29, 1.82) is 0 Å². The molecule has 1 N–H and O–H groups in total. The third kappa shape index (κ3) is 6.74. The van der Waals surface area contributed by atoms with E-state index in [9.17, 15) is 4.79 Å². The maximum atomic E-state index is 13.3. The fraction of sp³-hybridized carbons (Fsp3) is 0.950. The second-order valence-corrected chi connectivity index (χ2v) is 8.41. The number of hydrogen-bond donors (Lipinski definition) is 1. The highest BCUT2D eigenvalue weighted by Gasteiger charge is 2.42. The van der Waals surface area contributed by atoms with Crippen LogP contribution in [0.4, 0.5) is 0 Å². The Kier molecular flexibility index (Phi) is 11.5. The molecule has 0 unspecified atom stereocenters. The molecule has 0 radical (unpaired) electrons. The predicted octanol–water partition coefficient (Wildman–Crippen LogP) is 2.96. The lowest BCUT2D eigenvalue weighted by atomic mass is 9.78. The second kappa shape index (κ2) is 12.5. The van der Waals surface area contributed by atoms with E-state index in [-0.39, 0.29) is 30.2 Å². The van der Waals surface area contributed by atoms with Crippen molar-refractivity contribution in [1.82, 2.24) is 15.1 Å². The van der Waals surface area contributed by atoms with Gasteiger partial charge >= 0.3 is 0 Å². The minimum atomic E-state index is -0.293. The standard InChI is InChI=1S/C20H37N3O2.2ClH/c1-25-17-20(8-10-21-11-9-20)19(24)23-13-5-12-22(14-15-23)16-18-6-3-2-4-7-18;;/h18,21H,2-17H2,1H3;2*1H. The number of carbonyl (C=O) groups excluding carboxylic acids is 1. The van der Waals surface area contributed by atoms with E-state index < -0.39 is 0 Å². The van der Waals surface area contributed by atoms with Gasteiger partial charge in [-0.15, -0.1) is 24.8 Å². The number of rotatable bonds is 5. The zero-order valence-corrected chi connectivity index (χ0v) is 18.6. The lowest BCUT2D eigenvalue weighted by Crippen LogP contribution is -2.52. The summed E-state index contributed by atoms with van der Waals surface area (Å²) >= 11 is 0. The van der Waals surface area contributed by atoms with E-state index in [4.69, 9.17) is 4.74 Å². The van der Waals surface area contributed by atoms with E-state index >= 15 is 0 Å². The zero-order chi connectivity index (χ0) is 17.5. The van der Waals surface area contributed by atoms with E-state index in [1.165, 1.54) is 38.6 Å². The van der Waals surface area contributed by atoms with Crippen LogP contribution < -0.4 is 5.32 Å². The molecular weight excluding hydrogens is 385 g/mol. The van der Waals surface area contributed by atoms with Crippen LogP contribution in [-0.4, -0.2) is 75.2 Å². The Morgan fingerprint density at radius 3 is 2.37 bits per heavy atom. The highest BCUT2D eigenvalue weighted by atomic mass is 35.5. The van der Waals surface area contributed by atoms with Gasteiger partial charge in [-0.2, -0.15) is 0 Å². The van der Waals surface area contributed by atoms with E-state index in [1.54, 1.807) is 7.11 Å². The van der Waals surface area contributed by atoms with Crippen LogP contribution in [0.3, 0.4) is 0 Å². The first kappa shape index (κ1) is 25.0. The summed E-state index contributed by atoms with van der Waals surface area (Å²) in [6.45, 7) is 7.67. The van der Waals surface area contributed by atoms with Gasteiger partial charge in [0.2, 0.25) is 5.91 Å². The first-order valence-electron chi connectivity index (χ1n) is 10.4. The average molecular weight is 424 g/mol. The number of methoxy groups -OCH3 is 1. The lowest BCUT2D eigenvalue weighted by Gasteiger charge is -2.39. The first-order valence-corrected chi connectivity index (χ1v) is 10.4. The van der Waals surface area contributed by atoms with Crippen molar-refractivity contribution in [2.45, 2.75) is 51.4 Å². The molecule has 2 aliphatic heterocycles. The molecule has 2 heterocycles. The van der Waals surface area contributed by atoms with Crippen molar-refractivity contribution in [3.8, 4) is 0 Å². The molecule has 1 aliphatic carbocycles. The van der Waals surface area contributed by atoms with Gasteiger partial charge in [0.15, 0.2) is 0 Å². The Hall–Kier alpha value is -0.0700. The summed E-state index contributed by atoms with van der Waals surface area (Å²) in [6, 6.07) is 0. The van der Waals surface area contributed by atoms with Crippen molar-refractivity contribution >= 4 is 30.7 Å². The third-order valence-corrected chi connectivity index (χ3v) is 6.55. The van der Waals surface area contributed by atoms with Gasteiger partial charge in [0, 0.05) is 33.3 Å². The van der Waals surface area contributed by atoms with Gasteiger partial charge in [0.25, 0.3) is 0 Å². The van der Waals surface area contributed by atoms with Gasteiger partial charge in [-0.25, -0.2) is 0 Å². The number of piperidine rings is 1. The van der Waals surface area contributed by atoms with Crippen molar-refractivity contribution in [3.05, 3.63) is 0 Å². The maximum absolute atomic E-state index is 13.3. The van der Waals surface area contributed by atoms with E-state index in [0.717, 1.165) is 64.4 Å². The van der Waals surface area contributed by atoms with Gasteiger partial charge < -0.3 is 19.9 Å². The summed E-state index contributed by atoms with van der Waals surface area (Å²) < 4.78 is 5.46. The number of hydrogen-bond acceptors (Lipinski definition) is 4. The van der Waals surface area contributed by atoms with Crippen LogP contribution in [0.1, 0.15) is 51.4 Å². The smallest absolute Gasteiger partial charge is 0.231 e. The van der Waals surface area contributed by atoms with Crippen molar-refractivity contribution in [2.75, 3.05) is 59.5 Å². The van der Waals surface area contributed by atoms with Crippen molar-refractivity contribution in [3.63, 3.8) is 0 Å². The van der Waals surface area contributed by atoms with Crippen molar-refractivity contribution < 1.29 is 9.53 Å². The van der Waals surface area contributed by atoms with Crippen LogP contribution in [0.5, 0.6) is 0 Å². The SMILES string of the molecule is COCC1(C(=O)N2CCCN(CC3CCCCC3)CC2)CCNCC1.Cl.Cl. The molecule has 0 aromatic heterocycles. The minimum absolute atomic E-state index is 0. The van der Waals surface area contributed by atoms with Crippen LogP contribution in [0, 0.1) is 11.3 Å². The lowest BCUT2D eigenvalue weighted by molar-refractivity contribution is -0.147. The molecular formula is C20H39Cl2N3O2. The number of nitrogens with one attached hydrogen (secondary N) is 1. The minimum Gasteiger partial charge on any atom is -0.384 e. The fourth-order valence-electron chi connectivity index (χ4n) is 5.03. The van der Waals surface area contributed by atoms with Gasteiger partial charge in [0.05, 0.1) is 12.0 Å². The molecule has 27 heavy (non-hydrogen) atoms. The molecule has 3 fully saturated rings. The van der Waals surface area contributed by atoms with Crippen LogP contribution in [-0.2, 0) is 9.53 Å². The molecule has 1 saturated carbocycles. The highest BCUT2D eigenvalue weighted by Crippen LogP contribution is 2.32. The largest absolute Gasteiger partial charge is 0.384 e. The van der Waals surface area contributed by atoms with Crippen LogP contribution in [0.2, 0.25) is 0 Å². The molecule has 0 spiro atoms. The Morgan fingerprint density at radius 1 is 1.00 bits per heavy atom. The predicted molar refractivity (Wildman–Crippen MR) is 115 cm³/mol. The summed E-state index contributed by atoms with van der Waals surface area (Å²) in [5, 5.41) is 3.39. The Balaban J connectivity index is 0.00000182. The topological polar surface area (TPSA) is 44.8 Å². The molecule has 1 amide bonds. The van der Waals surface area contributed by atoms with Crippen LogP contribution in [0.25, 0.3) is 0 Å². The number of amides is 1. The van der Waals surface area contributed by atoms with E-state index in [1.807, 2.05) is 0 Å². The average Bonchev–Trinajstić information content (AvgIpc) is 2.88. The van der Waals surface area contributed by atoms with E-state index in [2.05, 4.69) is 15.1 Å². The molecule has 160 valence electrons. The number of nitrogens with zero attached hydrogens (tertiary/aromatic N) is 2.